The van der Waals surface area contributed by atoms with Crippen LogP contribution in [-0.2, 0) is 6.54 Å². The Morgan fingerprint density at radius 2 is 2.12 bits per heavy atom. The monoisotopic (exact) mass is 341 g/mol. The summed E-state index contributed by atoms with van der Waals surface area (Å²) >= 11 is 6.23. The smallest absolute Gasteiger partial charge is 0.137 e. The maximum Gasteiger partial charge on any atom is 0.137 e. The Morgan fingerprint density at radius 1 is 1.17 bits per heavy atom. The van der Waals surface area contributed by atoms with Gasteiger partial charge in [0.1, 0.15) is 5.65 Å². The first-order valence-electron chi connectivity index (χ1n) is 8.31. The summed E-state index contributed by atoms with van der Waals surface area (Å²) in [7, 11) is 0. The molecule has 3 aromatic rings. The van der Waals surface area contributed by atoms with E-state index in [4.69, 9.17) is 16.6 Å². The van der Waals surface area contributed by atoms with Crippen LogP contribution in [0.1, 0.15) is 12.1 Å². The van der Waals surface area contributed by atoms with E-state index in [2.05, 4.69) is 25.7 Å². The Labute approximate surface area is 146 Å². The molecule has 0 radical (unpaired) electrons. The summed E-state index contributed by atoms with van der Waals surface area (Å²) < 4.78 is 2.11. The summed E-state index contributed by atoms with van der Waals surface area (Å²) in [6.07, 6.45) is 6.78. The molecule has 1 aliphatic rings. The maximum atomic E-state index is 6.23. The average Bonchev–Trinajstić information content (AvgIpc) is 2.78. The highest BCUT2D eigenvalue weighted by Crippen LogP contribution is 2.26. The third-order valence-electron chi connectivity index (χ3n) is 4.42. The van der Waals surface area contributed by atoms with Gasteiger partial charge in [-0.25, -0.2) is 4.98 Å². The minimum atomic E-state index is 0.719. The van der Waals surface area contributed by atoms with E-state index >= 15 is 0 Å². The fraction of sp³-hybridized carbons (Fsp3) is 0.333. The lowest BCUT2D eigenvalue weighted by Crippen LogP contribution is -2.28. The van der Waals surface area contributed by atoms with Gasteiger partial charge in [-0.3, -0.25) is 9.88 Å². The van der Waals surface area contributed by atoms with Gasteiger partial charge in [-0.15, -0.1) is 0 Å². The molecule has 0 aromatic carbocycles. The SMILES string of the molecule is Clc1ccc2nc(-c3cccnc3)c(CN3CCCNCC3)n2c1. The first-order valence-corrected chi connectivity index (χ1v) is 8.69. The van der Waals surface area contributed by atoms with E-state index in [1.165, 1.54) is 12.1 Å². The van der Waals surface area contributed by atoms with Crippen molar-refractivity contribution in [3.63, 3.8) is 0 Å². The molecule has 0 atom stereocenters. The number of nitrogens with zero attached hydrogens (tertiary/aromatic N) is 4. The third kappa shape index (κ3) is 3.15. The minimum absolute atomic E-state index is 0.719. The normalized spacial score (nSPS) is 16.4. The molecule has 0 unspecified atom stereocenters. The quantitative estimate of drug-likeness (QED) is 0.795. The molecule has 1 aliphatic heterocycles. The van der Waals surface area contributed by atoms with Gasteiger partial charge in [0.25, 0.3) is 0 Å². The Kier molecular flexibility index (Phi) is 4.47. The lowest BCUT2D eigenvalue weighted by atomic mass is 10.1. The van der Waals surface area contributed by atoms with Crippen molar-refractivity contribution in [2.75, 3.05) is 26.2 Å². The molecule has 0 amide bonds. The average molecular weight is 342 g/mol. The van der Waals surface area contributed by atoms with Gasteiger partial charge in [0.05, 0.1) is 16.4 Å². The van der Waals surface area contributed by atoms with Gasteiger partial charge in [0, 0.05) is 43.8 Å². The van der Waals surface area contributed by atoms with E-state index < -0.39 is 0 Å². The molecular formula is C18H20ClN5. The largest absolute Gasteiger partial charge is 0.315 e. The Morgan fingerprint density at radius 3 is 3.00 bits per heavy atom. The van der Waals surface area contributed by atoms with Crippen molar-refractivity contribution in [2.24, 2.45) is 0 Å². The highest BCUT2D eigenvalue weighted by Gasteiger charge is 2.18. The number of pyridine rings is 2. The lowest BCUT2D eigenvalue weighted by molar-refractivity contribution is 0.281. The molecule has 4 heterocycles. The van der Waals surface area contributed by atoms with Crippen molar-refractivity contribution in [2.45, 2.75) is 13.0 Å². The van der Waals surface area contributed by atoms with Crippen molar-refractivity contribution in [1.82, 2.24) is 24.6 Å². The zero-order valence-electron chi connectivity index (χ0n) is 13.5. The fourth-order valence-corrected chi connectivity index (χ4v) is 3.38. The number of hydrogen-bond donors (Lipinski definition) is 1. The van der Waals surface area contributed by atoms with Crippen molar-refractivity contribution in [3.05, 3.63) is 53.6 Å². The fourth-order valence-electron chi connectivity index (χ4n) is 3.22. The van der Waals surface area contributed by atoms with Crippen LogP contribution in [-0.4, -0.2) is 45.4 Å². The van der Waals surface area contributed by atoms with Crippen molar-refractivity contribution >= 4 is 17.2 Å². The number of hydrogen-bond acceptors (Lipinski definition) is 4. The number of imidazole rings is 1. The van der Waals surface area contributed by atoms with Gasteiger partial charge >= 0.3 is 0 Å². The van der Waals surface area contributed by atoms with Crippen molar-refractivity contribution in [3.8, 4) is 11.3 Å². The zero-order valence-corrected chi connectivity index (χ0v) is 14.2. The topological polar surface area (TPSA) is 45.5 Å². The molecule has 5 nitrogen and oxygen atoms in total. The van der Waals surface area contributed by atoms with Gasteiger partial charge in [0.15, 0.2) is 0 Å². The molecule has 1 N–H and O–H groups in total. The summed E-state index contributed by atoms with van der Waals surface area (Å²) in [4.78, 5) is 11.6. The standard InChI is InChI=1S/C18H20ClN5/c19-15-4-5-17-22-18(14-3-1-6-21-11-14)16(24(17)12-15)13-23-9-2-7-20-8-10-23/h1,3-6,11-12,20H,2,7-10,13H2. The first-order chi connectivity index (χ1) is 11.8. The van der Waals surface area contributed by atoms with Crippen LogP contribution in [0, 0.1) is 0 Å². The molecule has 0 aliphatic carbocycles. The minimum Gasteiger partial charge on any atom is -0.315 e. The second-order valence-corrected chi connectivity index (χ2v) is 6.54. The maximum absolute atomic E-state index is 6.23. The van der Waals surface area contributed by atoms with Crippen LogP contribution in [0.2, 0.25) is 5.02 Å². The van der Waals surface area contributed by atoms with Gasteiger partial charge in [-0.1, -0.05) is 11.6 Å². The molecule has 0 spiro atoms. The number of fused-ring (bicyclic) bond motifs is 1. The third-order valence-corrected chi connectivity index (χ3v) is 4.65. The van der Waals surface area contributed by atoms with Gasteiger partial charge < -0.3 is 9.72 Å². The van der Waals surface area contributed by atoms with Crippen LogP contribution in [0.25, 0.3) is 16.9 Å². The van der Waals surface area contributed by atoms with E-state index in [0.717, 1.165) is 54.7 Å². The number of aromatic nitrogens is 3. The summed E-state index contributed by atoms with van der Waals surface area (Å²) in [6, 6.07) is 7.86. The molecule has 6 heteroatoms. The van der Waals surface area contributed by atoms with Crippen LogP contribution in [0.3, 0.4) is 0 Å². The molecule has 1 fully saturated rings. The van der Waals surface area contributed by atoms with E-state index in [9.17, 15) is 0 Å². The second-order valence-electron chi connectivity index (χ2n) is 6.10. The number of halogens is 1. The first kappa shape index (κ1) is 15.6. The predicted molar refractivity (Wildman–Crippen MR) is 96.2 cm³/mol. The Bertz CT molecular complexity index is 822. The molecular weight excluding hydrogens is 322 g/mol. The van der Waals surface area contributed by atoms with Crippen LogP contribution in [0.15, 0.2) is 42.9 Å². The molecule has 1 saturated heterocycles. The van der Waals surface area contributed by atoms with E-state index in [0.29, 0.717) is 0 Å². The highest BCUT2D eigenvalue weighted by atomic mass is 35.5. The van der Waals surface area contributed by atoms with Crippen LogP contribution in [0.4, 0.5) is 0 Å². The number of rotatable bonds is 3. The van der Waals surface area contributed by atoms with E-state index in [-0.39, 0.29) is 0 Å². The van der Waals surface area contributed by atoms with Crippen molar-refractivity contribution < 1.29 is 0 Å². The summed E-state index contributed by atoms with van der Waals surface area (Å²) in [5.41, 5.74) is 4.12. The second kappa shape index (κ2) is 6.89. The summed E-state index contributed by atoms with van der Waals surface area (Å²) in [5, 5.41) is 4.17. The van der Waals surface area contributed by atoms with Gasteiger partial charge in [-0.05, 0) is 43.8 Å². The van der Waals surface area contributed by atoms with Crippen molar-refractivity contribution in [1.29, 1.82) is 0 Å². The van der Waals surface area contributed by atoms with Crippen LogP contribution in [0.5, 0.6) is 0 Å². The predicted octanol–water partition coefficient (Wildman–Crippen LogP) is 2.85. The zero-order chi connectivity index (χ0) is 16.4. The molecule has 0 bridgehead atoms. The van der Waals surface area contributed by atoms with E-state index in [1.54, 1.807) is 6.20 Å². The van der Waals surface area contributed by atoms with E-state index in [1.807, 2.05) is 30.6 Å². The van der Waals surface area contributed by atoms with Gasteiger partial charge in [-0.2, -0.15) is 0 Å². The molecule has 3 aromatic heterocycles. The highest BCUT2D eigenvalue weighted by molar-refractivity contribution is 6.30. The Balaban J connectivity index is 1.79. The van der Waals surface area contributed by atoms with Crippen LogP contribution >= 0.6 is 11.6 Å². The molecule has 124 valence electrons. The number of nitrogens with one attached hydrogen (secondary N) is 1. The Hall–Kier alpha value is -1.95. The van der Waals surface area contributed by atoms with Gasteiger partial charge in [0.2, 0.25) is 0 Å². The molecule has 0 saturated carbocycles. The van der Waals surface area contributed by atoms with Crippen LogP contribution < -0.4 is 5.32 Å². The molecule has 4 rings (SSSR count). The lowest BCUT2D eigenvalue weighted by Gasteiger charge is -2.20. The summed E-state index contributed by atoms with van der Waals surface area (Å²) in [5.74, 6) is 0. The summed E-state index contributed by atoms with van der Waals surface area (Å²) in [6.45, 7) is 5.10. The molecule has 24 heavy (non-hydrogen) atoms.